The summed E-state index contributed by atoms with van der Waals surface area (Å²) < 4.78 is 26.6. The molecule has 0 fully saturated rings. The Morgan fingerprint density at radius 2 is 2.21 bits per heavy atom. The molecule has 1 rings (SSSR count). The standard InChI is InChI=1S/C9H15F2N3/c1-6-5-14(3)13-7(6)4-9(2,12)8(10)11/h5,8H,4,12H2,1-3H3. The monoisotopic (exact) mass is 203 g/mol. The van der Waals surface area contributed by atoms with E-state index in [0.717, 1.165) is 5.56 Å². The summed E-state index contributed by atoms with van der Waals surface area (Å²) in [4.78, 5) is 0. The second-order valence-corrected chi connectivity index (χ2v) is 3.92. The second-order valence-electron chi connectivity index (χ2n) is 3.92. The number of alkyl halides is 2. The number of aryl methyl sites for hydroxylation is 2. The predicted molar refractivity (Wildman–Crippen MR) is 50.2 cm³/mol. The fourth-order valence-electron chi connectivity index (χ4n) is 1.27. The number of hydrogen-bond donors (Lipinski definition) is 1. The summed E-state index contributed by atoms with van der Waals surface area (Å²) in [6.07, 6.45) is -0.655. The largest absolute Gasteiger partial charge is 0.320 e. The highest BCUT2D eigenvalue weighted by Gasteiger charge is 2.31. The molecule has 0 aliphatic heterocycles. The van der Waals surface area contributed by atoms with E-state index in [4.69, 9.17) is 5.73 Å². The molecule has 2 N–H and O–H groups in total. The van der Waals surface area contributed by atoms with Crippen LogP contribution < -0.4 is 5.73 Å². The fourth-order valence-corrected chi connectivity index (χ4v) is 1.27. The van der Waals surface area contributed by atoms with Gasteiger partial charge in [-0.1, -0.05) is 0 Å². The molecule has 0 saturated heterocycles. The Morgan fingerprint density at radius 1 is 1.64 bits per heavy atom. The summed E-state index contributed by atoms with van der Waals surface area (Å²) in [5.74, 6) is 0. The van der Waals surface area contributed by atoms with Gasteiger partial charge < -0.3 is 5.73 Å². The van der Waals surface area contributed by atoms with Gasteiger partial charge in [0.05, 0.1) is 11.2 Å². The van der Waals surface area contributed by atoms with Gasteiger partial charge in [0.25, 0.3) is 6.43 Å². The second kappa shape index (κ2) is 3.65. The van der Waals surface area contributed by atoms with E-state index < -0.39 is 12.0 Å². The Labute approximate surface area is 81.9 Å². The Balaban J connectivity index is 2.83. The molecule has 1 unspecified atom stereocenters. The molecular formula is C9H15F2N3. The van der Waals surface area contributed by atoms with Crippen LogP contribution in [-0.2, 0) is 13.5 Å². The van der Waals surface area contributed by atoms with Crippen LogP contribution in [0, 0.1) is 6.92 Å². The molecule has 0 spiro atoms. The molecule has 80 valence electrons. The van der Waals surface area contributed by atoms with Crippen molar-refractivity contribution in [1.82, 2.24) is 9.78 Å². The van der Waals surface area contributed by atoms with Crippen LogP contribution in [-0.4, -0.2) is 21.7 Å². The summed E-state index contributed by atoms with van der Waals surface area (Å²) in [6, 6.07) is 0. The molecule has 1 heterocycles. The summed E-state index contributed by atoms with van der Waals surface area (Å²) >= 11 is 0. The van der Waals surface area contributed by atoms with Crippen molar-refractivity contribution in [3.05, 3.63) is 17.5 Å². The number of nitrogens with zero attached hydrogens (tertiary/aromatic N) is 2. The van der Waals surface area contributed by atoms with Crippen molar-refractivity contribution >= 4 is 0 Å². The Kier molecular flexibility index (Phi) is 2.89. The average molecular weight is 203 g/mol. The molecule has 3 nitrogen and oxygen atoms in total. The smallest absolute Gasteiger partial charge is 0.256 e. The van der Waals surface area contributed by atoms with Crippen LogP contribution in [0.15, 0.2) is 6.20 Å². The van der Waals surface area contributed by atoms with Crippen LogP contribution in [0.3, 0.4) is 0 Å². The van der Waals surface area contributed by atoms with Gasteiger partial charge in [-0.15, -0.1) is 0 Å². The first kappa shape index (κ1) is 11.1. The third-order valence-electron chi connectivity index (χ3n) is 2.16. The molecule has 0 aliphatic carbocycles. The van der Waals surface area contributed by atoms with Crippen LogP contribution in [0.2, 0.25) is 0 Å². The van der Waals surface area contributed by atoms with Gasteiger partial charge >= 0.3 is 0 Å². The van der Waals surface area contributed by atoms with Gasteiger partial charge in [0, 0.05) is 19.7 Å². The highest BCUT2D eigenvalue weighted by atomic mass is 19.3. The van der Waals surface area contributed by atoms with E-state index in [2.05, 4.69) is 5.10 Å². The molecule has 0 radical (unpaired) electrons. The predicted octanol–water partition coefficient (Wildman–Crippen LogP) is 1.25. The molecule has 1 atom stereocenters. The molecule has 0 bridgehead atoms. The van der Waals surface area contributed by atoms with E-state index in [1.54, 1.807) is 17.9 Å². The number of rotatable bonds is 3. The first-order valence-electron chi connectivity index (χ1n) is 4.39. The van der Waals surface area contributed by atoms with E-state index >= 15 is 0 Å². The summed E-state index contributed by atoms with van der Waals surface area (Å²) in [6.45, 7) is 3.18. The fraction of sp³-hybridized carbons (Fsp3) is 0.667. The van der Waals surface area contributed by atoms with Crippen molar-refractivity contribution in [1.29, 1.82) is 0 Å². The number of nitrogens with two attached hydrogens (primary N) is 1. The van der Waals surface area contributed by atoms with Crippen LogP contribution in [0.4, 0.5) is 8.78 Å². The van der Waals surface area contributed by atoms with Crippen molar-refractivity contribution < 1.29 is 8.78 Å². The van der Waals surface area contributed by atoms with Crippen molar-refractivity contribution in [2.45, 2.75) is 32.2 Å². The maximum atomic E-state index is 12.5. The zero-order valence-corrected chi connectivity index (χ0v) is 8.59. The first-order valence-corrected chi connectivity index (χ1v) is 4.39. The lowest BCUT2D eigenvalue weighted by molar-refractivity contribution is 0.0632. The van der Waals surface area contributed by atoms with Gasteiger partial charge in [0.1, 0.15) is 0 Å². The van der Waals surface area contributed by atoms with Gasteiger partial charge in [-0.3, -0.25) is 4.68 Å². The van der Waals surface area contributed by atoms with Gasteiger partial charge in [-0.25, -0.2) is 8.78 Å². The summed E-state index contributed by atoms with van der Waals surface area (Å²) in [7, 11) is 1.76. The van der Waals surface area contributed by atoms with Crippen molar-refractivity contribution in [2.75, 3.05) is 0 Å². The first-order chi connectivity index (χ1) is 6.33. The molecular weight excluding hydrogens is 188 g/mol. The molecule has 0 saturated carbocycles. The van der Waals surface area contributed by atoms with E-state index in [0.29, 0.717) is 5.69 Å². The van der Waals surface area contributed by atoms with Gasteiger partial charge in [0.2, 0.25) is 0 Å². The third kappa shape index (κ3) is 2.29. The minimum atomic E-state index is -2.54. The lowest BCUT2D eigenvalue weighted by Crippen LogP contribution is -2.46. The Bertz CT molecular complexity index is 318. The lowest BCUT2D eigenvalue weighted by Gasteiger charge is -2.22. The molecule has 1 aromatic heterocycles. The number of hydrogen-bond acceptors (Lipinski definition) is 2. The van der Waals surface area contributed by atoms with Gasteiger partial charge in [-0.2, -0.15) is 5.10 Å². The van der Waals surface area contributed by atoms with Crippen LogP contribution >= 0.6 is 0 Å². The highest BCUT2D eigenvalue weighted by Crippen LogP contribution is 2.19. The van der Waals surface area contributed by atoms with E-state index in [1.807, 2.05) is 6.92 Å². The van der Waals surface area contributed by atoms with Gasteiger partial charge in [0.15, 0.2) is 0 Å². The molecule has 14 heavy (non-hydrogen) atoms. The van der Waals surface area contributed by atoms with E-state index in [9.17, 15) is 8.78 Å². The topological polar surface area (TPSA) is 43.8 Å². The number of aromatic nitrogens is 2. The molecule has 0 amide bonds. The van der Waals surface area contributed by atoms with Crippen LogP contribution in [0.1, 0.15) is 18.2 Å². The molecule has 1 aromatic rings. The maximum absolute atomic E-state index is 12.5. The van der Waals surface area contributed by atoms with Crippen molar-refractivity contribution in [2.24, 2.45) is 12.8 Å². The van der Waals surface area contributed by atoms with Crippen LogP contribution in [0.25, 0.3) is 0 Å². The van der Waals surface area contributed by atoms with E-state index in [-0.39, 0.29) is 6.42 Å². The summed E-state index contributed by atoms with van der Waals surface area (Å²) in [5, 5.41) is 4.08. The zero-order valence-electron chi connectivity index (χ0n) is 8.59. The molecule has 5 heteroatoms. The maximum Gasteiger partial charge on any atom is 0.256 e. The Morgan fingerprint density at radius 3 is 2.57 bits per heavy atom. The molecule has 0 aliphatic rings. The van der Waals surface area contributed by atoms with Crippen molar-refractivity contribution in [3.63, 3.8) is 0 Å². The minimum Gasteiger partial charge on any atom is -0.320 e. The normalized spacial score (nSPS) is 15.9. The van der Waals surface area contributed by atoms with E-state index in [1.165, 1.54) is 6.92 Å². The van der Waals surface area contributed by atoms with Crippen LogP contribution in [0.5, 0.6) is 0 Å². The van der Waals surface area contributed by atoms with Crippen molar-refractivity contribution in [3.8, 4) is 0 Å². The quantitative estimate of drug-likeness (QED) is 0.803. The highest BCUT2D eigenvalue weighted by molar-refractivity contribution is 5.17. The Hall–Kier alpha value is -0.970. The molecule has 0 aromatic carbocycles. The SMILES string of the molecule is Cc1cn(C)nc1CC(C)(N)C(F)F. The third-order valence-corrected chi connectivity index (χ3v) is 2.16. The van der Waals surface area contributed by atoms with Gasteiger partial charge in [-0.05, 0) is 19.4 Å². The zero-order chi connectivity index (χ0) is 10.9. The number of halogens is 2. The summed E-state index contributed by atoms with van der Waals surface area (Å²) in [5.41, 5.74) is 5.50. The lowest BCUT2D eigenvalue weighted by atomic mass is 9.96. The minimum absolute atomic E-state index is 0.0946. The average Bonchev–Trinajstić information content (AvgIpc) is 2.29.